The predicted molar refractivity (Wildman–Crippen MR) is 145 cm³/mol. The van der Waals surface area contributed by atoms with E-state index in [0.717, 1.165) is 67.3 Å². The fourth-order valence-corrected chi connectivity index (χ4v) is 4.98. The molecule has 1 aliphatic heterocycles. The molecular weight excluding hydrogens is 504 g/mol. The number of likely N-dealkylation sites (tertiary alicyclic amines) is 1. The van der Waals surface area contributed by atoms with Gasteiger partial charge in [0.1, 0.15) is 5.76 Å². The average molecular weight is 542 g/mol. The molecule has 1 aliphatic rings. The molecule has 6 heteroatoms. The van der Waals surface area contributed by atoms with Crippen LogP contribution in [0.3, 0.4) is 0 Å². The summed E-state index contributed by atoms with van der Waals surface area (Å²) in [7, 11) is 0. The van der Waals surface area contributed by atoms with Crippen LogP contribution in [0.15, 0.2) is 58.6 Å². The number of carbonyl (C=O) groups is 2. The van der Waals surface area contributed by atoms with Crippen molar-refractivity contribution in [3.63, 3.8) is 0 Å². The summed E-state index contributed by atoms with van der Waals surface area (Å²) >= 11 is 3.52. The Morgan fingerprint density at radius 1 is 0.971 bits per heavy atom. The molecule has 1 N–H and O–H groups in total. The first kappa shape index (κ1) is 27.2. The van der Waals surface area contributed by atoms with E-state index >= 15 is 0 Å². The van der Waals surface area contributed by atoms with Crippen molar-refractivity contribution < 1.29 is 14.7 Å². The minimum absolute atomic E-state index is 0.122. The lowest BCUT2D eigenvalue weighted by atomic mass is 9.95. The second kappa shape index (κ2) is 13.0. The second-order valence-corrected chi connectivity index (χ2v) is 10.2. The number of amides is 1. The normalized spacial score (nSPS) is 17.5. The van der Waals surface area contributed by atoms with Crippen molar-refractivity contribution in [1.82, 2.24) is 9.80 Å². The van der Waals surface area contributed by atoms with Crippen molar-refractivity contribution in [2.75, 3.05) is 26.2 Å². The van der Waals surface area contributed by atoms with Crippen molar-refractivity contribution in [2.24, 2.45) is 0 Å². The molecule has 188 valence electrons. The Kier molecular flexibility index (Phi) is 10.1. The molecule has 0 radical (unpaired) electrons. The number of halogens is 1. The standard InChI is InChI=1S/C29H37BrN2O3/c1-4-6-16-31(17-7-5-2)18-9-19-32-26(23-10-8-11-24(30)20-23)25(28(34)29(32)35)27(33)22-14-12-21(3)13-15-22/h8,10-15,20,26,33H,4-7,9,16-19H2,1-3H3/b27-25+. The number of nitrogens with zero attached hydrogens (tertiary/aromatic N) is 2. The van der Waals surface area contributed by atoms with E-state index in [-0.39, 0.29) is 11.3 Å². The first-order valence-corrected chi connectivity index (χ1v) is 13.5. The summed E-state index contributed by atoms with van der Waals surface area (Å²) in [6.07, 6.45) is 5.39. The number of ketones is 1. The molecule has 35 heavy (non-hydrogen) atoms. The number of aryl methyl sites for hydroxylation is 1. The molecule has 2 aromatic rings. The summed E-state index contributed by atoms with van der Waals surface area (Å²) in [5.41, 5.74) is 2.56. The van der Waals surface area contributed by atoms with Crippen molar-refractivity contribution in [2.45, 2.75) is 58.9 Å². The lowest BCUT2D eigenvalue weighted by Gasteiger charge is -2.27. The highest BCUT2D eigenvalue weighted by Crippen LogP contribution is 2.40. The number of rotatable bonds is 12. The van der Waals surface area contributed by atoms with E-state index < -0.39 is 17.7 Å². The van der Waals surface area contributed by atoms with Gasteiger partial charge >= 0.3 is 0 Å². The minimum atomic E-state index is -0.623. The van der Waals surface area contributed by atoms with E-state index in [2.05, 4.69) is 34.7 Å². The van der Waals surface area contributed by atoms with E-state index in [9.17, 15) is 14.7 Å². The van der Waals surface area contributed by atoms with Gasteiger partial charge in [0.05, 0.1) is 11.6 Å². The topological polar surface area (TPSA) is 60.9 Å². The van der Waals surface area contributed by atoms with Gasteiger partial charge in [-0.1, -0.05) is 84.6 Å². The number of Topliss-reactive ketones (excluding diaryl/α,β-unsaturated/α-hetero) is 1. The van der Waals surface area contributed by atoms with Gasteiger partial charge < -0.3 is 14.9 Å². The van der Waals surface area contributed by atoms with Gasteiger partial charge in [0, 0.05) is 16.6 Å². The zero-order chi connectivity index (χ0) is 25.4. The van der Waals surface area contributed by atoms with E-state index in [4.69, 9.17) is 0 Å². The van der Waals surface area contributed by atoms with Gasteiger partial charge in [-0.2, -0.15) is 0 Å². The van der Waals surface area contributed by atoms with Crippen molar-refractivity contribution in [3.8, 4) is 0 Å². The number of unbranched alkanes of at least 4 members (excludes halogenated alkanes) is 2. The van der Waals surface area contributed by atoms with Gasteiger partial charge in [-0.25, -0.2) is 0 Å². The van der Waals surface area contributed by atoms with Gasteiger partial charge in [-0.3, -0.25) is 9.59 Å². The first-order valence-electron chi connectivity index (χ1n) is 12.7. The third-order valence-electron chi connectivity index (χ3n) is 6.56. The number of hydrogen-bond acceptors (Lipinski definition) is 4. The molecule has 1 saturated heterocycles. The lowest BCUT2D eigenvalue weighted by Crippen LogP contribution is -2.34. The third-order valence-corrected chi connectivity index (χ3v) is 7.05. The Labute approximate surface area is 218 Å². The minimum Gasteiger partial charge on any atom is -0.507 e. The number of aliphatic hydroxyl groups is 1. The van der Waals surface area contributed by atoms with Crippen molar-refractivity contribution in [3.05, 3.63) is 75.3 Å². The third kappa shape index (κ3) is 6.83. The fourth-order valence-electron chi connectivity index (χ4n) is 4.56. The maximum Gasteiger partial charge on any atom is 0.295 e. The summed E-state index contributed by atoms with van der Waals surface area (Å²) in [6.45, 7) is 9.81. The fraction of sp³-hybridized carbons (Fsp3) is 0.448. The molecule has 1 atom stereocenters. The summed E-state index contributed by atoms with van der Waals surface area (Å²) in [4.78, 5) is 30.5. The number of hydrogen-bond donors (Lipinski definition) is 1. The molecule has 0 bridgehead atoms. The summed E-state index contributed by atoms with van der Waals surface area (Å²) in [6, 6.07) is 14.4. The summed E-state index contributed by atoms with van der Waals surface area (Å²) in [5.74, 6) is -1.29. The maximum atomic E-state index is 13.2. The molecule has 5 nitrogen and oxygen atoms in total. The van der Waals surface area contributed by atoms with Crippen LogP contribution in [0.1, 0.15) is 68.7 Å². The highest BCUT2D eigenvalue weighted by Gasteiger charge is 2.45. The quantitative estimate of drug-likeness (QED) is 0.190. The van der Waals surface area contributed by atoms with Crippen LogP contribution in [0.2, 0.25) is 0 Å². The van der Waals surface area contributed by atoms with E-state index in [1.165, 1.54) is 0 Å². The number of aliphatic hydroxyl groups excluding tert-OH is 1. The molecule has 1 heterocycles. The Morgan fingerprint density at radius 2 is 1.60 bits per heavy atom. The predicted octanol–water partition coefficient (Wildman–Crippen LogP) is 6.47. The summed E-state index contributed by atoms with van der Waals surface area (Å²) in [5, 5.41) is 11.2. The van der Waals surface area contributed by atoms with E-state index in [0.29, 0.717) is 12.1 Å². The Balaban J connectivity index is 1.91. The lowest BCUT2D eigenvalue weighted by molar-refractivity contribution is -0.140. The first-order chi connectivity index (χ1) is 16.9. The van der Waals surface area contributed by atoms with Crippen LogP contribution in [0.5, 0.6) is 0 Å². The molecule has 1 fully saturated rings. The van der Waals surface area contributed by atoms with Gasteiger partial charge in [-0.05, 0) is 63.5 Å². The van der Waals surface area contributed by atoms with Gasteiger partial charge in [0.15, 0.2) is 0 Å². The van der Waals surface area contributed by atoms with Crippen LogP contribution >= 0.6 is 15.9 Å². The largest absolute Gasteiger partial charge is 0.507 e. The molecule has 3 rings (SSSR count). The SMILES string of the molecule is CCCCN(CCCC)CCCN1C(=O)C(=O)/C(=C(/O)c2ccc(C)cc2)C1c1cccc(Br)c1. The molecule has 1 unspecified atom stereocenters. The van der Waals surface area contributed by atoms with Gasteiger partial charge in [0.2, 0.25) is 0 Å². The Bertz CT molecular complexity index is 1040. The molecular formula is C29H37BrN2O3. The van der Waals surface area contributed by atoms with E-state index in [1.807, 2.05) is 43.3 Å². The van der Waals surface area contributed by atoms with Crippen LogP contribution in [-0.2, 0) is 9.59 Å². The molecule has 0 aliphatic carbocycles. The highest BCUT2D eigenvalue weighted by molar-refractivity contribution is 9.10. The van der Waals surface area contributed by atoms with E-state index in [1.54, 1.807) is 17.0 Å². The van der Waals surface area contributed by atoms with Gasteiger partial charge in [0.25, 0.3) is 11.7 Å². The van der Waals surface area contributed by atoms with Crippen LogP contribution in [0.4, 0.5) is 0 Å². The zero-order valence-electron chi connectivity index (χ0n) is 21.1. The van der Waals surface area contributed by atoms with Crippen molar-refractivity contribution >= 4 is 33.4 Å². The smallest absolute Gasteiger partial charge is 0.295 e. The second-order valence-electron chi connectivity index (χ2n) is 9.32. The van der Waals surface area contributed by atoms with Crippen LogP contribution in [0, 0.1) is 6.92 Å². The maximum absolute atomic E-state index is 13.2. The number of carbonyl (C=O) groups excluding carboxylic acids is 2. The highest BCUT2D eigenvalue weighted by atomic mass is 79.9. The molecule has 0 aromatic heterocycles. The molecule has 2 aromatic carbocycles. The Hall–Kier alpha value is -2.44. The van der Waals surface area contributed by atoms with Gasteiger partial charge in [-0.15, -0.1) is 0 Å². The molecule has 0 saturated carbocycles. The average Bonchev–Trinajstić information content (AvgIpc) is 3.10. The van der Waals surface area contributed by atoms with Crippen molar-refractivity contribution in [1.29, 1.82) is 0 Å². The zero-order valence-corrected chi connectivity index (χ0v) is 22.7. The van der Waals surface area contributed by atoms with Crippen LogP contribution in [-0.4, -0.2) is 52.8 Å². The summed E-state index contributed by atoms with van der Waals surface area (Å²) < 4.78 is 0.862. The molecule has 0 spiro atoms. The monoisotopic (exact) mass is 540 g/mol. The number of benzene rings is 2. The molecule has 1 amide bonds. The van der Waals surface area contributed by atoms with Crippen LogP contribution < -0.4 is 0 Å². The Morgan fingerprint density at radius 3 is 2.20 bits per heavy atom. The van der Waals surface area contributed by atoms with Crippen LogP contribution in [0.25, 0.3) is 5.76 Å².